The molecule has 0 unspecified atom stereocenters. The van der Waals surface area contributed by atoms with Gasteiger partial charge in [-0.2, -0.15) is 0 Å². The molecule has 2 aromatic carbocycles. The van der Waals surface area contributed by atoms with E-state index >= 15 is 0 Å². The van der Waals surface area contributed by atoms with Crippen molar-refractivity contribution < 1.29 is 14.3 Å². The number of hydrogen-bond donors (Lipinski definition) is 1. The molecule has 1 N–H and O–H groups in total. The van der Waals surface area contributed by atoms with Crippen LogP contribution in [0.1, 0.15) is 6.92 Å². The number of anilines is 2. The summed E-state index contributed by atoms with van der Waals surface area (Å²) in [6.45, 7) is 1.56. The third-order valence-electron chi connectivity index (χ3n) is 3.58. The standard InChI is InChI=1S/C17H14Cl2N2O3/c1-10(24-15-7-6-11(18)8-12(15)19)17(23)21-9-16(22)20-13-4-2-3-5-14(13)21/h2-8,10H,9H2,1H3,(H,20,22)/t10-/m0/s1. The zero-order valence-electron chi connectivity index (χ0n) is 12.8. The summed E-state index contributed by atoms with van der Waals surface area (Å²) in [5.74, 6) is -0.223. The average molecular weight is 365 g/mol. The Morgan fingerprint density at radius 3 is 2.75 bits per heavy atom. The highest BCUT2D eigenvalue weighted by Crippen LogP contribution is 2.31. The van der Waals surface area contributed by atoms with Gasteiger partial charge in [0.15, 0.2) is 6.10 Å². The number of rotatable bonds is 3. The van der Waals surface area contributed by atoms with Gasteiger partial charge in [0, 0.05) is 5.02 Å². The monoisotopic (exact) mass is 364 g/mol. The van der Waals surface area contributed by atoms with Gasteiger partial charge in [0.2, 0.25) is 5.91 Å². The molecule has 24 heavy (non-hydrogen) atoms. The lowest BCUT2D eigenvalue weighted by Crippen LogP contribution is -2.47. The first-order valence-electron chi connectivity index (χ1n) is 7.27. The molecule has 7 heteroatoms. The molecule has 1 aliphatic rings. The van der Waals surface area contributed by atoms with Crippen LogP contribution < -0.4 is 15.0 Å². The Morgan fingerprint density at radius 1 is 1.25 bits per heavy atom. The predicted molar refractivity (Wildman–Crippen MR) is 94.0 cm³/mol. The fourth-order valence-electron chi connectivity index (χ4n) is 2.46. The number of nitrogens with zero attached hydrogens (tertiary/aromatic N) is 1. The number of ether oxygens (including phenoxy) is 1. The molecule has 0 aliphatic carbocycles. The zero-order valence-corrected chi connectivity index (χ0v) is 14.3. The number of fused-ring (bicyclic) bond motifs is 1. The Labute approximate surface area is 149 Å². The van der Waals surface area contributed by atoms with Crippen molar-refractivity contribution in [1.29, 1.82) is 0 Å². The van der Waals surface area contributed by atoms with Crippen LogP contribution in [0.15, 0.2) is 42.5 Å². The molecule has 0 radical (unpaired) electrons. The summed E-state index contributed by atoms with van der Waals surface area (Å²) >= 11 is 11.9. The third-order valence-corrected chi connectivity index (χ3v) is 4.11. The normalized spacial score (nSPS) is 14.6. The predicted octanol–water partition coefficient (Wildman–Crippen LogP) is 3.75. The van der Waals surface area contributed by atoms with E-state index in [0.29, 0.717) is 27.2 Å². The van der Waals surface area contributed by atoms with Crippen molar-refractivity contribution in [2.24, 2.45) is 0 Å². The Hall–Kier alpha value is -2.24. The van der Waals surface area contributed by atoms with E-state index in [-0.39, 0.29) is 18.4 Å². The van der Waals surface area contributed by atoms with Gasteiger partial charge in [0.25, 0.3) is 5.91 Å². The summed E-state index contributed by atoms with van der Waals surface area (Å²) in [5, 5.41) is 3.54. The molecular formula is C17H14Cl2N2O3. The van der Waals surface area contributed by atoms with Crippen LogP contribution in [0.4, 0.5) is 11.4 Å². The fourth-order valence-corrected chi connectivity index (χ4v) is 2.91. The van der Waals surface area contributed by atoms with Gasteiger partial charge in [0.05, 0.1) is 16.4 Å². The highest BCUT2D eigenvalue weighted by molar-refractivity contribution is 6.35. The quantitative estimate of drug-likeness (QED) is 0.902. The lowest BCUT2D eigenvalue weighted by molar-refractivity contribution is -0.126. The summed E-state index contributed by atoms with van der Waals surface area (Å²) < 4.78 is 5.65. The average Bonchev–Trinajstić information content (AvgIpc) is 2.55. The number of carbonyl (C=O) groups is 2. The van der Waals surface area contributed by atoms with Crippen molar-refractivity contribution in [1.82, 2.24) is 0 Å². The molecule has 0 saturated carbocycles. The van der Waals surface area contributed by atoms with Gasteiger partial charge in [-0.1, -0.05) is 35.3 Å². The SMILES string of the molecule is C[C@H](Oc1ccc(Cl)cc1Cl)C(=O)N1CC(=O)Nc2ccccc21. The van der Waals surface area contributed by atoms with E-state index in [9.17, 15) is 9.59 Å². The van der Waals surface area contributed by atoms with Gasteiger partial charge in [-0.25, -0.2) is 0 Å². The molecule has 1 aliphatic heterocycles. The molecule has 1 atom stereocenters. The van der Waals surface area contributed by atoms with Gasteiger partial charge in [0.1, 0.15) is 12.3 Å². The Morgan fingerprint density at radius 2 is 2.00 bits per heavy atom. The van der Waals surface area contributed by atoms with Gasteiger partial charge in [-0.15, -0.1) is 0 Å². The molecule has 5 nitrogen and oxygen atoms in total. The lowest BCUT2D eigenvalue weighted by atomic mass is 10.1. The van der Waals surface area contributed by atoms with E-state index in [0.717, 1.165) is 0 Å². The van der Waals surface area contributed by atoms with Crippen LogP contribution >= 0.6 is 23.2 Å². The lowest BCUT2D eigenvalue weighted by Gasteiger charge is -2.31. The molecule has 0 aromatic heterocycles. The van der Waals surface area contributed by atoms with E-state index in [1.807, 2.05) is 0 Å². The van der Waals surface area contributed by atoms with Crippen LogP contribution in [-0.4, -0.2) is 24.5 Å². The van der Waals surface area contributed by atoms with Crippen molar-refractivity contribution in [3.63, 3.8) is 0 Å². The first kappa shape index (κ1) is 16.6. The maximum absolute atomic E-state index is 12.7. The largest absolute Gasteiger partial charge is 0.479 e. The van der Waals surface area contributed by atoms with Crippen molar-refractivity contribution in [2.45, 2.75) is 13.0 Å². The number of nitrogens with one attached hydrogen (secondary N) is 1. The van der Waals surface area contributed by atoms with Crippen molar-refractivity contribution in [2.75, 3.05) is 16.8 Å². The van der Waals surface area contributed by atoms with Gasteiger partial charge in [-0.05, 0) is 37.3 Å². The summed E-state index contributed by atoms with van der Waals surface area (Å²) in [7, 11) is 0. The summed E-state index contributed by atoms with van der Waals surface area (Å²) in [6.07, 6.45) is -0.817. The number of para-hydroxylation sites is 2. The van der Waals surface area contributed by atoms with Crippen molar-refractivity contribution >= 4 is 46.4 Å². The number of carbonyl (C=O) groups excluding carboxylic acids is 2. The van der Waals surface area contributed by atoms with Crippen LogP contribution in [0.2, 0.25) is 10.0 Å². The molecule has 2 amide bonds. The smallest absolute Gasteiger partial charge is 0.268 e. The minimum absolute atomic E-state index is 0.0576. The molecule has 3 rings (SSSR count). The summed E-state index contributed by atoms with van der Waals surface area (Å²) in [6, 6.07) is 11.9. The summed E-state index contributed by atoms with van der Waals surface area (Å²) in [4.78, 5) is 26.0. The number of benzene rings is 2. The molecule has 0 saturated heterocycles. The molecule has 0 fully saturated rings. The van der Waals surface area contributed by atoms with E-state index in [1.54, 1.807) is 49.4 Å². The van der Waals surface area contributed by atoms with Gasteiger partial charge >= 0.3 is 0 Å². The Bertz CT molecular complexity index is 810. The number of halogens is 2. The Balaban J connectivity index is 1.82. The maximum Gasteiger partial charge on any atom is 0.268 e. The van der Waals surface area contributed by atoms with E-state index < -0.39 is 6.10 Å². The molecular weight excluding hydrogens is 351 g/mol. The Kier molecular flexibility index (Phi) is 4.64. The second-order valence-electron chi connectivity index (χ2n) is 5.32. The second kappa shape index (κ2) is 6.71. The highest BCUT2D eigenvalue weighted by atomic mass is 35.5. The van der Waals surface area contributed by atoms with Crippen LogP contribution in [0.25, 0.3) is 0 Å². The van der Waals surface area contributed by atoms with Gasteiger partial charge in [-0.3, -0.25) is 14.5 Å². The van der Waals surface area contributed by atoms with Crippen molar-refractivity contribution in [3.8, 4) is 5.75 Å². The minimum atomic E-state index is -0.817. The van der Waals surface area contributed by atoms with Crippen LogP contribution in [0.3, 0.4) is 0 Å². The maximum atomic E-state index is 12.7. The topological polar surface area (TPSA) is 58.6 Å². The molecule has 1 heterocycles. The van der Waals surface area contributed by atoms with Crippen LogP contribution in [0.5, 0.6) is 5.75 Å². The second-order valence-corrected chi connectivity index (χ2v) is 6.17. The minimum Gasteiger partial charge on any atom is -0.479 e. The molecule has 0 spiro atoms. The van der Waals surface area contributed by atoms with E-state index in [1.165, 1.54) is 4.90 Å². The van der Waals surface area contributed by atoms with E-state index in [2.05, 4.69) is 5.32 Å². The van der Waals surface area contributed by atoms with Gasteiger partial charge < -0.3 is 10.1 Å². The zero-order chi connectivity index (χ0) is 17.3. The first-order valence-corrected chi connectivity index (χ1v) is 8.03. The fraction of sp³-hybridized carbons (Fsp3) is 0.176. The molecule has 0 bridgehead atoms. The third kappa shape index (κ3) is 3.32. The summed E-state index contributed by atoms with van der Waals surface area (Å²) in [5.41, 5.74) is 1.23. The highest BCUT2D eigenvalue weighted by Gasteiger charge is 2.30. The van der Waals surface area contributed by atoms with Crippen LogP contribution in [-0.2, 0) is 9.59 Å². The molecule has 124 valence electrons. The number of hydrogen-bond acceptors (Lipinski definition) is 3. The first-order chi connectivity index (χ1) is 11.5. The van der Waals surface area contributed by atoms with Crippen LogP contribution in [0, 0.1) is 0 Å². The van der Waals surface area contributed by atoms with E-state index in [4.69, 9.17) is 27.9 Å². The van der Waals surface area contributed by atoms with Crippen molar-refractivity contribution in [3.05, 3.63) is 52.5 Å². The molecule has 2 aromatic rings. The number of amides is 2.